The molecule has 1 aliphatic rings. The number of rotatable bonds is 5. The molecule has 4 rings (SSSR count). The number of piperidine rings is 1. The third-order valence-corrected chi connectivity index (χ3v) is 5.43. The van der Waals surface area contributed by atoms with Gasteiger partial charge in [0.2, 0.25) is 0 Å². The zero-order chi connectivity index (χ0) is 18.5. The summed E-state index contributed by atoms with van der Waals surface area (Å²) in [4.78, 5) is 12.8. The van der Waals surface area contributed by atoms with Crippen LogP contribution in [0.25, 0.3) is 4.96 Å². The summed E-state index contributed by atoms with van der Waals surface area (Å²) in [7, 11) is 0. The van der Waals surface area contributed by atoms with Crippen LogP contribution in [0.5, 0.6) is 5.75 Å². The molecule has 0 radical (unpaired) electrons. The minimum atomic E-state index is 0. The number of likely N-dealkylation sites (tertiary alicyclic amines) is 1. The molecule has 1 fully saturated rings. The first-order chi connectivity index (χ1) is 13.3. The number of halogens is 1. The molecule has 1 aliphatic heterocycles. The summed E-state index contributed by atoms with van der Waals surface area (Å²) in [6.07, 6.45) is 6.35. The highest BCUT2D eigenvalue weighted by molar-refractivity contribution is 14.0. The van der Waals surface area contributed by atoms with Crippen LogP contribution in [0.2, 0.25) is 0 Å². The Morgan fingerprint density at radius 3 is 2.79 bits per heavy atom. The average Bonchev–Trinajstić information content (AvgIpc) is 3.28. The van der Waals surface area contributed by atoms with E-state index in [1.165, 1.54) is 0 Å². The van der Waals surface area contributed by atoms with Gasteiger partial charge in [-0.1, -0.05) is 18.2 Å². The van der Waals surface area contributed by atoms with Crippen LogP contribution in [0.1, 0.15) is 25.5 Å². The number of benzene rings is 1. The van der Waals surface area contributed by atoms with Crippen LogP contribution in [-0.2, 0) is 6.54 Å². The minimum absolute atomic E-state index is 0. The predicted octanol–water partition coefficient (Wildman–Crippen LogP) is 4.02. The Bertz CT molecular complexity index is 858. The van der Waals surface area contributed by atoms with Crippen LogP contribution in [0.4, 0.5) is 0 Å². The molecular weight excluding hydrogens is 485 g/mol. The number of aromatic nitrogens is 2. The molecule has 1 saturated heterocycles. The molecule has 3 heterocycles. The molecule has 1 N–H and O–H groups in total. The van der Waals surface area contributed by atoms with E-state index in [1.54, 1.807) is 11.3 Å². The Hall–Kier alpha value is -1.81. The van der Waals surface area contributed by atoms with Crippen molar-refractivity contribution in [3.05, 3.63) is 53.8 Å². The fourth-order valence-electron chi connectivity index (χ4n) is 3.31. The summed E-state index contributed by atoms with van der Waals surface area (Å²) >= 11 is 1.65. The maximum atomic E-state index is 6.10. The van der Waals surface area contributed by atoms with E-state index in [1.807, 2.05) is 41.9 Å². The van der Waals surface area contributed by atoms with Gasteiger partial charge in [0.25, 0.3) is 0 Å². The minimum Gasteiger partial charge on any atom is -0.490 e. The number of nitrogens with zero attached hydrogens (tertiary/aromatic N) is 4. The Labute approximate surface area is 186 Å². The molecule has 0 amide bonds. The number of hydrogen-bond donors (Lipinski definition) is 1. The van der Waals surface area contributed by atoms with E-state index in [-0.39, 0.29) is 30.1 Å². The molecule has 0 bridgehead atoms. The molecular formula is C20H26IN5OS. The van der Waals surface area contributed by atoms with Gasteiger partial charge in [-0.25, -0.2) is 9.98 Å². The van der Waals surface area contributed by atoms with E-state index in [0.717, 1.165) is 54.8 Å². The summed E-state index contributed by atoms with van der Waals surface area (Å²) in [6.45, 7) is 5.45. The third kappa shape index (κ3) is 5.16. The third-order valence-electron chi connectivity index (χ3n) is 4.66. The second-order valence-electron chi connectivity index (χ2n) is 6.61. The zero-order valence-corrected chi connectivity index (χ0v) is 19.1. The second kappa shape index (κ2) is 10.1. The predicted molar refractivity (Wildman–Crippen MR) is 125 cm³/mol. The summed E-state index contributed by atoms with van der Waals surface area (Å²) in [5, 5.41) is 5.46. The van der Waals surface area contributed by atoms with E-state index in [0.29, 0.717) is 6.54 Å². The molecule has 0 unspecified atom stereocenters. The van der Waals surface area contributed by atoms with Gasteiger partial charge in [-0.15, -0.1) is 35.3 Å². The molecule has 0 saturated carbocycles. The van der Waals surface area contributed by atoms with Gasteiger partial charge >= 0.3 is 0 Å². The van der Waals surface area contributed by atoms with E-state index < -0.39 is 0 Å². The molecule has 8 heteroatoms. The van der Waals surface area contributed by atoms with Crippen molar-refractivity contribution >= 4 is 46.2 Å². The molecule has 0 aliphatic carbocycles. The summed E-state index contributed by atoms with van der Waals surface area (Å²) in [5.74, 6) is 1.92. The molecule has 6 nitrogen and oxygen atoms in total. The molecule has 1 aromatic carbocycles. The summed E-state index contributed by atoms with van der Waals surface area (Å²) < 4.78 is 8.15. The van der Waals surface area contributed by atoms with Crippen molar-refractivity contribution in [2.45, 2.75) is 32.4 Å². The molecule has 0 atom stereocenters. The molecule has 0 spiro atoms. The Morgan fingerprint density at radius 2 is 2.07 bits per heavy atom. The normalized spacial score (nSPS) is 15.5. The Morgan fingerprint density at radius 1 is 1.29 bits per heavy atom. The van der Waals surface area contributed by atoms with Crippen molar-refractivity contribution < 1.29 is 4.74 Å². The smallest absolute Gasteiger partial charge is 0.194 e. The largest absolute Gasteiger partial charge is 0.490 e. The lowest BCUT2D eigenvalue weighted by Crippen LogP contribution is -2.47. The number of para-hydroxylation sites is 1. The van der Waals surface area contributed by atoms with E-state index in [4.69, 9.17) is 9.73 Å². The lowest BCUT2D eigenvalue weighted by atomic mass is 10.1. The van der Waals surface area contributed by atoms with E-state index in [9.17, 15) is 0 Å². The molecule has 2 aromatic heterocycles. The van der Waals surface area contributed by atoms with Crippen LogP contribution in [-0.4, -0.2) is 46.0 Å². The van der Waals surface area contributed by atoms with Crippen molar-refractivity contribution in [1.82, 2.24) is 19.6 Å². The number of guanidine groups is 1. The fourth-order valence-corrected chi connectivity index (χ4v) is 4.03. The lowest BCUT2D eigenvalue weighted by molar-refractivity contribution is 0.129. The second-order valence-corrected chi connectivity index (χ2v) is 7.49. The number of imidazole rings is 1. The monoisotopic (exact) mass is 511 g/mol. The van der Waals surface area contributed by atoms with Crippen molar-refractivity contribution in [3.63, 3.8) is 0 Å². The maximum Gasteiger partial charge on any atom is 0.194 e. The van der Waals surface area contributed by atoms with Gasteiger partial charge in [0, 0.05) is 50.2 Å². The number of hydrogen-bond acceptors (Lipinski definition) is 4. The SMILES string of the molecule is CCNC(=NCc1cn2ccsc2n1)N1CCC(Oc2ccccc2)CC1.I. The topological polar surface area (TPSA) is 54.2 Å². The maximum absolute atomic E-state index is 6.10. The van der Waals surface area contributed by atoms with E-state index >= 15 is 0 Å². The van der Waals surface area contributed by atoms with Gasteiger partial charge in [0.1, 0.15) is 11.9 Å². The van der Waals surface area contributed by atoms with Gasteiger partial charge < -0.3 is 15.0 Å². The number of ether oxygens (including phenoxy) is 1. The Kier molecular flexibility index (Phi) is 7.55. The lowest BCUT2D eigenvalue weighted by Gasteiger charge is -2.34. The standard InChI is InChI=1S/C20H25N5OS.HI/c1-2-21-19(22-14-16-15-25-12-13-27-20(25)23-16)24-10-8-18(9-11-24)26-17-6-4-3-5-7-17;/h3-7,12-13,15,18H,2,8-11,14H2,1H3,(H,21,22);1H. The van der Waals surface area contributed by atoms with Crippen LogP contribution < -0.4 is 10.1 Å². The molecule has 28 heavy (non-hydrogen) atoms. The van der Waals surface area contributed by atoms with Crippen LogP contribution >= 0.6 is 35.3 Å². The summed E-state index contributed by atoms with van der Waals surface area (Å²) in [6, 6.07) is 10.1. The van der Waals surface area contributed by atoms with Gasteiger partial charge in [0.15, 0.2) is 10.9 Å². The zero-order valence-electron chi connectivity index (χ0n) is 16.0. The van der Waals surface area contributed by atoms with Crippen LogP contribution in [0.15, 0.2) is 53.1 Å². The van der Waals surface area contributed by atoms with E-state index in [2.05, 4.69) is 32.7 Å². The molecule has 3 aromatic rings. The van der Waals surface area contributed by atoms with Crippen LogP contribution in [0, 0.1) is 0 Å². The summed E-state index contributed by atoms with van der Waals surface area (Å²) in [5.41, 5.74) is 1.000. The highest BCUT2D eigenvalue weighted by Gasteiger charge is 2.22. The highest BCUT2D eigenvalue weighted by Crippen LogP contribution is 2.19. The highest BCUT2D eigenvalue weighted by atomic mass is 127. The van der Waals surface area contributed by atoms with Gasteiger partial charge in [-0.3, -0.25) is 4.40 Å². The van der Waals surface area contributed by atoms with Gasteiger partial charge in [-0.2, -0.15) is 0 Å². The first-order valence-electron chi connectivity index (χ1n) is 9.48. The number of nitrogens with one attached hydrogen (secondary N) is 1. The first-order valence-corrected chi connectivity index (χ1v) is 10.4. The molecule has 150 valence electrons. The van der Waals surface area contributed by atoms with Crippen molar-refractivity contribution in [1.29, 1.82) is 0 Å². The fraction of sp³-hybridized carbons (Fsp3) is 0.400. The van der Waals surface area contributed by atoms with Crippen molar-refractivity contribution in [2.75, 3.05) is 19.6 Å². The van der Waals surface area contributed by atoms with Gasteiger partial charge in [0.05, 0.1) is 12.2 Å². The van der Waals surface area contributed by atoms with Crippen LogP contribution in [0.3, 0.4) is 0 Å². The van der Waals surface area contributed by atoms with Gasteiger partial charge in [-0.05, 0) is 19.1 Å². The van der Waals surface area contributed by atoms with Crippen molar-refractivity contribution in [2.24, 2.45) is 4.99 Å². The first kappa shape index (κ1) is 20.9. The van der Waals surface area contributed by atoms with Crippen molar-refractivity contribution in [3.8, 4) is 5.75 Å². The number of fused-ring (bicyclic) bond motifs is 1. The number of thiazole rings is 1. The number of aliphatic imine (C=N–C) groups is 1. The quantitative estimate of drug-likeness (QED) is 0.320. The Balaban J connectivity index is 0.00000225. The average molecular weight is 511 g/mol.